The molecule has 6 nitrogen and oxygen atoms in total. The summed E-state index contributed by atoms with van der Waals surface area (Å²) in [4.78, 5) is 27.8. The fraction of sp³-hybridized carbons (Fsp3) is 0. The second-order valence-corrected chi connectivity index (χ2v) is 5.38. The molecule has 3 rings (SSSR count). The van der Waals surface area contributed by atoms with Crippen molar-refractivity contribution < 1.29 is 19.2 Å². The van der Waals surface area contributed by atoms with Crippen molar-refractivity contribution in [1.82, 2.24) is 10.5 Å². The van der Waals surface area contributed by atoms with Gasteiger partial charge in [0.25, 0.3) is 11.8 Å². The molecule has 0 aliphatic carbocycles. The molecule has 0 saturated heterocycles. The van der Waals surface area contributed by atoms with E-state index < -0.39 is 11.8 Å². The maximum atomic E-state index is 13.2. The Kier molecular flexibility index (Phi) is 5.00. The molecular weight excluding hydrogens is 337 g/mol. The molecule has 26 heavy (non-hydrogen) atoms. The second-order valence-electron chi connectivity index (χ2n) is 5.38. The Hall–Kier alpha value is -3.58. The van der Waals surface area contributed by atoms with Gasteiger partial charge in [-0.3, -0.25) is 14.8 Å². The van der Waals surface area contributed by atoms with E-state index in [-0.39, 0.29) is 11.5 Å². The first-order chi connectivity index (χ1) is 12.6. The molecule has 1 aromatic heterocycles. The Morgan fingerprint density at radius 3 is 2.69 bits per heavy atom. The third kappa shape index (κ3) is 3.90. The molecule has 3 aromatic rings. The van der Waals surface area contributed by atoms with Crippen molar-refractivity contribution in [2.45, 2.75) is 0 Å². The summed E-state index contributed by atoms with van der Waals surface area (Å²) in [6, 6.07) is 14.1. The van der Waals surface area contributed by atoms with Crippen molar-refractivity contribution >= 4 is 34.5 Å². The van der Waals surface area contributed by atoms with Crippen molar-refractivity contribution in [2.24, 2.45) is 0 Å². The van der Waals surface area contributed by atoms with Gasteiger partial charge >= 0.3 is 0 Å². The van der Waals surface area contributed by atoms with Gasteiger partial charge in [0.15, 0.2) is 0 Å². The second kappa shape index (κ2) is 7.54. The Morgan fingerprint density at radius 2 is 1.88 bits per heavy atom. The summed E-state index contributed by atoms with van der Waals surface area (Å²) in [5.41, 5.74) is 3.22. The number of pyridine rings is 1. The molecule has 1 heterocycles. The maximum absolute atomic E-state index is 13.2. The van der Waals surface area contributed by atoms with Gasteiger partial charge in [0, 0.05) is 17.1 Å². The van der Waals surface area contributed by atoms with E-state index in [0.29, 0.717) is 22.2 Å². The zero-order valence-corrected chi connectivity index (χ0v) is 13.4. The number of para-hydroxylation sites is 1. The van der Waals surface area contributed by atoms with Crippen LogP contribution >= 0.6 is 0 Å². The van der Waals surface area contributed by atoms with Crippen LogP contribution in [0.25, 0.3) is 17.0 Å². The first-order valence-corrected chi connectivity index (χ1v) is 7.65. The van der Waals surface area contributed by atoms with Gasteiger partial charge in [-0.2, -0.15) is 0 Å². The number of carbonyl (C=O) groups excluding carboxylic acids is 2. The number of nitrogens with zero attached hydrogens (tertiary/aromatic N) is 1. The normalized spacial score (nSPS) is 10.8. The number of carbonyl (C=O) groups is 2. The van der Waals surface area contributed by atoms with Gasteiger partial charge in [0.05, 0.1) is 5.52 Å². The fourth-order valence-corrected chi connectivity index (χ4v) is 2.37. The first kappa shape index (κ1) is 17.2. The molecule has 3 N–H and O–H groups in total. The van der Waals surface area contributed by atoms with Gasteiger partial charge in [0.2, 0.25) is 0 Å². The first-order valence-electron chi connectivity index (χ1n) is 7.65. The minimum atomic E-state index is -0.686. The predicted molar refractivity (Wildman–Crippen MR) is 95.1 cm³/mol. The molecule has 0 saturated carbocycles. The number of amides is 2. The standard InChI is InChI=1S/C19H14FN3O3/c20-14-7-9-16-13(11-14)5-8-17(21-16)19(25)22-15-4-2-1-3-12(15)6-10-18(24)23-26/h1-11,26H,(H,22,25)(H,23,24). The minimum absolute atomic E-state index is 0.177. The van der Waals surface area contributed by atoms with Crippen LogP contribution < -0.4 is 10.8 Å². The van der Waals surface area contributed by atoms with Gasteiger partial charge in [-0.1, -0.05) is 24.3 Å². The van der Waals surface area contributed by atoms with Crippen LogP contribution in [0, 0.1) is 5.82 Å². The minimum Gasteiger partial charge on any atom is -0.320 e. The Bertz CT molecular complexity index is 1020. The van der Waals surface area contributed by atoms with Crippen molar-refractivity contribution in [2.75, 3.05) is 5.32 Å². The Labute approximate surface area is 147 Å². The molecule has 0 bridgehead atoms. The zero-order valence-electron chi connectivity index (χ0n) is 13.4. The molecule has 0 unspecified atom stereocenters. The lowest BCUT2D eigenvalue weighted by Gasteiger charge is -2.09. The molecule has 7 heteroatoms. The van der Waals surface area contributed by atoms with Crippen LogP contribution in [0.4, 0.5) is 10.1 Å². The lowest BCUT2D eigenvalue weighted by molar-refractivity contribution is -0.124. The number of aromatic nitrogens is 1. The molecule has 2 amide bonds. The summed E-state index contributed by atoms with van der Waals surface area (Å²) >= 11 is 0. The van der Waals surface area contributed by atoms with Crippen LogP contribution in [0.2, 0.25) is 0 Å². The van der Waals surface area contributed by atoms with Crippen LogP contribution in [0.15, 0.2) is 60.7 Å². The number of fused-ring (bicyclic) bond motifs is 1. The molecule has 0 fully saturated rings. The third-order valence-corrected chi connectivity index (χ3v) is 3.62. The van der Waals surface area contributed by atoms with Crippen molar-refractivity contribution in [3.05, 3.63) is 77.7 Å². The Morgan fingerprint density at radius 1 is 1.08 bits per heavy atom. The van der Waals surface area contributed by atoms with Gasteiger partial charge in [-0.15, -0.1) is 0 Å². The molecular formula is C19H14FN3O3. The summed E-state index contributed by atoms with van der Waals surface area (Å²) in [5, 5.41) is 11.8. The number of anilines is 1. The number of hydrogen-bond donors (Lipinski definition) is 3. The molecule has 0 aliphatic heterocycles. The van der Waals surface area contributed by atoms with Crippen LogP contribution in [0.1, 0.15) is 16.1 Å². The van der Waals surface area contributed by atoms with Crippen LogP contribution in [0.5, 0.6) is 0 Å². The van der Waals surface area contributed by atoms with Crippen molar-refractivity contribution in [1.29, 1.82) is 0 Å². The smallest absolute Gasteiger partial charge is 0.274 e. The molecule has 0 radical (unpaired) electrons. The molecule has 0 aliphatic rings. The van der Waals surface area contributed by atoms with E-state index in [2.05, 4.69) is 10.3 Å². The summed E-state index contributed by atoms with van der Waals surface area (Å²) in [5.74, 6) is -1.50. The van der Waals surface area contributed by atoms with E-state index >= 15 is 0 Å². The number of hydrogen-bond acceptors (Lipinski definition) is 4. The zero-order chi connectivity index (χ0) is 18.5. The fourth-order valence-electron chi connectivity index (χ4n) is 2.37. The number of hydroxylamine groups is 1. The summed E-state index contributed by atoms with van der Waals surface area (Å²) in [7, 11) is 0. The highest BCUT2D eigenvalue weighted by Gasteiger charge is 2.10. The van der Waals surface area contributed by atoms with E-state index in [1.54, 1.807) is 30.3 Å². The third-order valence-electron chi connectivity index (χ3n) is 3.62. The monoisotopic (exact) mass is 351 g/mol. The lowest BCUT2D eigenvalue weighted by atomic mass is 10.1. The highest BCUT2D eigenvalue weighted by Crippen LogP contribution is 2.19. The molecule has 0 atom stereocenters. The number of rotatable bonds is 4. The van der Waals surface area contributed by atoms with E-state index in [1.807, 2.05) is 0 Å². The van der Waals surface area contributed by atoms with Gasteiger partial charge in [0.1, 0.15) is 11.5 Å². The number of nitrogens with one attached hydrogen (secondary N) is 2. The average molecular weight is 351 g/mol. The summed E-state index contributed by atoms with van der Waals surface area (Å²) in [6.07, 6.45) is 2.59. The highest BCUT2D eigenvalue weighted by atomic mass is 19.1. The Balaban J connectivity index is 1.85. The van der Waals surface area contributed by atoms with Crippen LogP contribution in [-0.2, 0) is 4.79 Å². The molecule has 130 valence electrons. The van der Waals surface area contributed by atoms with E-state index in [0.717, 1.165) is 6.08 Å². The van der Waals surface area contributed by atoms with Crippen molar-refractivity contribution in [3.8, 4) is 0 Å². The van der Waals surface area contributed by atoms with E-state index in [9.17, 15) is 14.0 Å². The number of halogens is 1. The van der Waals surface area contributed by atoms with Gasteiger partial charge in [-0.25, -0.2) is 14.9 Å². The van der Waals surface area contributed by atoms with E-state index in [4.69, 9.17) is 5.21 Å². The topological polar surface area (TPSA) is 91.3 Å². The van der Waals surface area contributed by atoms with Crippen molar-refractivity contribution in [3.63, 3.8) is 0 Å². The lowest BCUT2D eigenvalue weighted by Crippen LogP contribution is -2.15. The number of benzene rings is 2. The average Bonchev–Trinajstić information content (AvgIpc) is 2.66. The quantitative estimate of drug-likeness (QED) is 0.383. The molecule has 2 aromatic carbocycles. The maximum Gasteiger partial charge on any atom is 0.274 e. The van der Waals surface area contributed by atoms with Gasteiger partial charge in [-0.05, 0) is 42.0 Å². The van der Waals surface area contributed by atoms with Crippen LogP contribution in [0.3, 0.4) is 0 Å². The summed E-state index contributed by atoms with van der Waals surface area (Å²) < 4.78 is 13.2. The van der Waals surface area contributed by atoms with Gasteiger partial charge < -0.3 is 5.32 Å². The predicted octanol–water partition coefficient (Wildman–Crippen LogP) is 3.14. The van der Waals surface area contributed by atoms with E-state index in [1.165, 1.54) is 35.8 Å². The largest absolute Gasteiger partial charge is 0.320 e. The summed E-state index contributed by atoms with van der Waals surface area (Å²) in [6.45, 7) is 0. The van der Waals surface area contributed by atoms with Crippen LogP contribution in [-0.4, -0.2) is 22.0 Å². The SMILES string of the molecule is O=C(C=Cc1ccccc1NC(=O)c1ccc2cc(F)ccc2n1)NO. The highest BCUT2D eigenvalue weighted by molar-refractivity contribution is 6.05. The molecule has 0 spiro atoms.